The maximum Gasteiger partial charge on any atom is 0.164 e. The summed E-state index contributed by atoms with van der Waals surface area (Å²) in [6, 6.07) is 60.4. The second-order valence-electron chi connectivity index (χ2n) is 16.7. The highest BCUT2D eigenvalue weighted by atomic mass is 15.0. The molecule has 1 aliphatic rings. The number of nitrogens with zero attached hydrogens (tertiary/aromatic N) is 4. The molecule has 2 aromatic heterocycles. The Morgan fingerprint density at radius 2 is 0.895 bits per heavy atom. The molecule has 10 rings (SSSR count). The van der Waals surface area contributed by atoms with Crippen molar-refractivity contribution in [3.05, 3.63) is 181 Å². The van der Waals surface area contributed by atoms with Gasteiger partial charge in [0.25, 0.3) is 0 Å². The summed E-state index contributed by atoms with van der Waals surface area (Å²) in [6.45, 7) is 9.62. The summed E-state index contributed by atoms with van der Waals surface area (Å²) in [7, 11) is 0. The number of fused-ring (bicyclic) bond motifs is 4. The third-order valence-electron chi connectivity index (χ3n) is 12.1. The van der Waals surface area contributed by atoms with Crippen molar-refractivity contribution >= 4 is 21.8 Å². The van der Waals surface area contributed by atoms with Crippen molar-refractivity contribution in [2.45, 2.75) is 51.4 Å². The molecule has 0 unspecified atom stereocenters. The first-order valence-electron chi connectivity index (χ1n) is 20.0. The summed E-state index contributed by atoms with van der Waals surface area (Å²) in [4.78, 5) is 15.5. The van der Waals surface area contributed by atoms with Crippen molar-refractivity contribution in [3.8, 4) is 62.1 Å². The van der Waals surface area contributed by atoms with Gasteiger partial charge >= 0.3 is 0 Å². The second-order valence-corrected chi connectivity index (χ2v) is 16.7. The minimum Gasteiger partial charge on any atom is -0.309 e. The fourth-order valence-electron chi connectivity index (χ4n) is 8.81. The Balaban J connectivity index is 1.13. The lowest BCUT2D eigenvalue weighted by Crippen LogP contribution is -2.33. The van der Waals surface area contributed by atoms with Gasteiger partial charge in [0, 0.05) is 33.2 Å². The van der Waals surface area contributed by atoms with Gasteiger partial charge in [-0.15, -0.1) is 0 Å². The lowest BCUT2D eigenvalue weighted by Gasteiger charge is -2.42. The minimum absolute atomic E-state index is 0.110. The van der Waals surface area contributed by atoms with Crippen molar-refractivity contribution in [2.75, 3.05) is 0 Å². The Hall–Kier alpha value is -6.65. The monoisotopic (exact) mass is 736 g/mol. The fraction of sp³-hybridized carbons (Fsp3) is 0.151. The van der Waals surface area contributed by atoms with E-state index < -0.39 is 0 Å². The molecule has 57 heavy (non-hydrogen) atoms. The molecule has 1 aliphatic carbocycles. The van der Waals surface area contributed by atoms with Crippen molar-refractivity contribution in [2.24, 2.45) is 0 Å². The summed E-state index contributed by atoms with van der Waals surface area (Å²) in [5.74, 6) is 1.92. The van der Waals surface area contributed by atoms with Crippen LogP contribution in [0.2, 0.25) is 0 Å². The van der Waals surface area contributed by atoms with E-state index in [2.05, 4.69) is 184 Å². The van der Waals surface area contributed by atoms with Crippen LogP contribution in [0.4, 0.5) is 0 Å². The quantitative estimate of drug-likeness (QED) is 0.171. The smallest absolute Gasteiger partial charge is 0.164 e. The Labute approximate surface area is 334 Å². The Morgan fingerprint density at radius 1 is 0.386 bits per heavy atom. The molecule has 0 N–H and O–H groups in total. The fourth-order valence-corrected chi connectivity index (χ4v) is 8.81. The van der Waals surface area contributed by atoms with Crippen LogP contribution in [0.5, 0.6) is 0 Å². The zero-order valence-electron chi connectivity index (χ0n) is 32.9. The van der Waals surface area contributed by atoms with Crippen LogP contribution in [0.3, 0.4) is 0 Å². The molecule has 7 aromatic carbocycles. The van der Waals surface area contributed by atoms with Gasteiger partial charge in [0.1, 0.15) is 0 Å². The molecule has 0 spiro atoms. The summed E-state index contributed by atoms with van der Waals surface area (Å²) in [5, 5.41) is 2.59. The van der Waals surface area contributed by atoms with Gasteiger partial charge in [-0.3, -0.25) is 0 Å². The molecule has 9 aromatic rings. The molecular weight excluding hydrogens is 693 g/mol. The maximum atomic E-state index is 5.23. The second kappa shape index (κ2) is 13.5. The predicted octanol–water partition coefficient (Wildman–Crippen LogP) is 13.7. The number of benzene rings is 7. The van der Waals surface area contributed by atoms with Crippen LogP contribution in [-0.2, 0) is 10.8 Å². The Bertz CT molecular complexity index is 2920. The normalized spacial score (nSPS) is 14.5. The first-order valence-corrected chi connectivity index (χ1v) is 20.0. The summed E-state index contributed by atoms with van der Waals surface area (Å²) in [5.41, 5.74) is 14.1. The SMILES string of the molecule is CC1(C)CCC(C)(C)c2cc3c(cc21)c1ccccc1n3-c1ccc(-c2nc(-c3ccccc3)nc(-c3ccc(-c4ccccc4)cc3-c3ccccc3)n2)cc1. The van der Waals surface area contributed by atoms with Crippen LogP contribution in [-0.4, -0.2) is 19.5 Å². The lowest BCUT2D eigenvalue weighted by molar-refractivity contribution is 0.332. The highest BCUT2D eigenvalue weighted by Crippen LogP contribution is 2.48. The summed E-state index contributed by atoms with van der Waals surface area (Å²) < 4.78 is 2.43. The van der Waals surface area contributed by atoms with Gasteiger partial charge in [0.05, 0.1) is 11.0 Å². The molecule has 2 heterocycles. The van der Waals surface area contributed by atoms with Gasteiger partial charge in [-0.1, -0.05) is 143 Å². The molecule has 276 valence electrons. The first kappa shape index (κ1) is 34.8. The lowest BCUT2D eigenvalue weighted by atomic mass is 9.63. The summed E-state index contributed by atoms with van der Waals surface area (Å²) >= 11 is 0. The van der Waals surface area contributed by atoms with E-state index in [1.54, 1.807) is 0 Å². The predicted molar refractivity (Wildman–Crippen MR) is 237 cm³/mol. The van der Waals surface area contributed by atoms with Crippen LogP contribution in [0.15, 0.2) is 170 Å². The molecule has 0 atom stereocenters. The topological polar surface area (TPSA) is 43.6 Å². The van der Waals surface area contributed by atoms with E-state index in [1.807, 2.05) is 18.2 Å². The molecule has 0 radical (unpaired) electrons. The highest BCUT2D eigenvalue weighted by Gasteiger charge is 2.38. The van der Waals surface area contributed by atoms with E-state index in [0.717, 1.165) is 39.1 Å². The van der Waals surface area contributed by atoms with Crippen molar-refractivity contribution in [3.63, 3.8) is 0 Å². The highest BCUT2D eigenvalue weighted by molar-refractivity contribution is 6.10. The van der Waals surface area contributed by atoms with Gasteiger partial charge < -0.3 is 4.57 Å². The van der Waals surface area contributed by atoms with Crippen LogP contribution in [0.25, 0.3) is 83.9 Å². The maximum absolute atomic E-state index is 5.23. The van der Waals surface area contributed by atoms with Gasteiger partial charge in [-0.25, -0.2) is 15.0 Å². The zero-order valence-corrected chi connectivity index (χ0v) is 32.9. The van der Waals surface area contributed by atoms with E-state index in [9.17, 15) is 0 Å². The average molecular weight is 737 g/mol. The molecule has 0 amide bonds. The number of hydrogen-bond donors (Lipinski definition) is 0. The van der Waals surface area contributed by atoms with E-state index in [0.29, 0.717) is 17.5 Å². The molecule has 4 nitrogen and oxygen atoms in total. The molecule has 0 saturated heterocycles. The minimum atomic E-state index is 0.110. The number of aromatic nitrogens is 4. The van der Waals surface area contributed by atoms with Crippen molar-refractivity contribution < 1.29 is 0 Å². The van der Waals surface area contributed by atoms with Gasteiger partial charge in [-0.05, 0) is 112 Å². The van der Waals surface area contributed by atoms with Crippen molar-refractivity contribution in [1.82, 2.24) is 19.5 Å². The molecule has 4 heteroatoms. The van der Waals surface area contributed by atoms with E-state index in [-0.39, 0.29) is 10.8 Å². The van der Waals surface area contributed by atoms with E-state index in [1.165, 1.54) is 51.3 Å². The Morgan fingerprint density at radius 3 is 1.54 bits per heavy atom. The summed E-state index contributed by atoms with van der Waals surface area (Å²) in [6.07, 6.45) is 2.37. The molecule has 0 saturated carbocycles. The van der Waals surface area contributed by atoms with Crippen LogP contribution in [0.1, 0.15) is 51.7 Å². The van der Waals surface area contributed by atoms with Gasteiger partial charge in [0.15, 0.2) is 17.5 Å². The molecule has 0 bridgehead atoms. The largest absolute Gasteiger partial charge is 0.309 e. The molecular formula is C53H44N4. The van der Waals surface area contributed by atoms with Crippen LogP contribution in [0, 0.1) is 0 Å². The number of hydrogen-bond acceptors (Lipinski definition) is 3. The van der Waals surface area contributed by atoms with E-state index in [4.69, 9.17) is 15.0 Å². The van der Waals surface area contributed by atoms with E-state index >= 15 is 0 Å². The van der Waals surface area contributed by atoms with Crippen LogP contribution < -0.4 is 0 Å². The Kier molecular flexibility index (Phi) is 8.26. The third kappa shape index (κ3) is 6.13. The van der Waals surface area contributed by atoms with Crippen molar-refractivity contribution in [1.29, 1.82) is 0 Å². The molecule has 0 aliphatic heterocycles. The average Bonchev–Trinajstić information content (AvgIpc) is 3.59. The standard InChI is InChI=1S/C53H44N4/c1-52(2)30-31-53(3,4)46-34-48-44(33-45(46)52)41-22-14-15-23-47(41)57(48)40-27-24-38(25-28-40)50-54-49(37-20-12-7-13-21-37)55-51(56-50)42-29-26-39(35-16-8-5-9-17-35)32-43(42)36-18-10-6-11-19-36/h5-29,32-34H,30-31H2,1-4H3. The first-order chi connectivity index (χ1) is 27.7. The third-order valence-corrected chi connectivity index (χ3v) is 12.1. The van der Waals surface area contributed by atoms with Gasteiger partial charge in [-0.2, -0.15) is 0 Å². The van der Waals surface area contributed by atoms with Crippen LogP contribution >= 0.6 is 0 Å². The van der Waals surface area contributed by atoms with Gasteiger partial charge in [0.2, 0.25) is 0 Å². The zero-order chi connectivity index (χ0) is 38.7. The molecule has 0 fully saturated rings. The number of para-hydroxylation sites is 1. The number of rotatable bonds is 6.